The van der Waals surface area contributed by atoms with Gasteiger partial charge in [-0.1, -0.05) is 23.7 Å². The Morgan fingerprint density at radius 2 is 2.08 bits per heavy atom. The van der Waals surface area contributed by atoms with E-state index in [-0.39, 0.29) is 18.2 Å². The van der Waals surface area contributed by atoms with Crippen LogP contribution >= 0.6 is 23.4 Å². The van der Waals surface area contributed by atoms with Crippen molar-refractivity contribution in [1.29, 1.82) is 0 Å². The van der Waals surface area contributed by atoms with Gasteiger partial charge in [0.15, 0.2) is 11.5 Å². The standard InChI is InChI=1S/C17H15ClN2O3S/c18-12-2-1-3-13(9-12)19-17(21)20-6-7-24-16(20)11-4-5-14-15(8-11)23-10-22-14/h1-5,8-9,16H,6-7,10H2,(H,19,21)/t16-/m0/s1. The van der Waals surface area contributed by atoms with Gasteiger partial charge >= 0.3 is 6.03 Å². The summed E-state index contributed by atoms with van der Waals surface area (Å²) >= 11 is 7.71. The zero-order chi connectivity index (χ0) is 16.5. The van der Waals surface area contributed by atoms with E-state index in [2.05, 4.69) is 5.32 Å². The third-order valence-electron chi connectivity index (χ3n) is 3.91. The average molecular weight is 363 g/mol. The van der Waals surface area contributed by atoms with Gasteiger partial charge in [-0.05, 0) is 35.9 Å². The van der Waals surface area contributed by atoms with Gasteiger partial charge in [-0.3, -0.25) is 0 Å². The highest BCUT2D eigenvalue weighted by atomic mass is 35.5. The number of carbonyl (C=O) groups is 1. The van der Waals surface area contributed by atoms with Crippen LogP contribution in [-0.4, -0.2) is 30.0 Å². The van der Waals surface area contributed by atoms with Gasteiger partial charge in [0.2, 0.25) is 6.79 Å². The largest absolute Gasteiger partial charge is 0.454 e. The molecular weight excluding hydrogens is 348 g/mol. The number of fused-ring (bicyclic) bond motifs is 1. The zero-order valence-corrected chi connectivity index (χ0v) is 14.3. The number of rotatable bonds is 2. The maximum atomic E-state index is 12.6. The van der Waals surface area contributed by atoms with E-state index in [1.165, 1.54) is 0 Å². The van der Waals surface area contributed by atoms with Crippen molar-refractivity contribution in [3.05, 3.63) is 53.1 Å². The molecule has 7 heteroatoms. The van der Waals surface area contributed by atoms with Gasteiger partial charge in [0.05, 0.1) is 0 Å². The molecule has 2 amide bonds. The predicted octanol–water partition coefficient (Wildman–Crippen LogP) is 4.35. The van der Waals surface area contributed by atoms with Gasteiger partial charge in [0.25, 0.3) is 0 Å². The van der Waals surface area contributed by atoms with Gasteiger partial charge in [0.1, 0.15) is 5.37 Å². The van der Waals surface area contributed by atoms with Crippen molar-refractivity contribution in [3.8, 4) is 11.5 Å². The monoisotopic (exact) mass is 362 g/mol. The first-order chi connectivity index (χ1) is 11.7. The van der Waals surface area contributed by atoms with Crippen LogP contribution in [0.1, 0.15) is 10.9 Å². The molecule has 2 heterocycles. The number of nitrogens with one attached hydrogen (secondary N) is 1. The second-order valence-electron chi connectivity index (χ2n) is 5.47. The Kier molecular flexibility index (Phi) is 4.16. The van der Waals surface area contributed by atoms with Crippen LogP contribution in [0.25, 0.3) is 0 Å². The summed E-state index contributed by atoms with van der Waals surface area (Å²) < 4.78 is 10.8. The molecule has 2 aliphatic heterocycles. The highest BCUT2D eigenvalue weighted by Crippen LogP contribution is 2.42. The number of ether oxygens (including phenoxy) is 2. The van der Waals surface area contributed by atoms with Crippen LogP contribution in [0.2, 0.25) is 5.02 Å². The first kappa shape index (κ1) is 15.5. The lowest BCUT2D eigenvalue weighted by molar-refractivity contribution is 0.174. The molecule has 0 aliphatic carbocycles. The fourth-order valence-corrected chi connectivity index (χ4v) is 4.22. The highest BCUT2D eigenvalue weighted by molar-refractivity contribution is 7.99. The van der Waals surface area contributed by atoms with Crippen molar-refractivity contribution in [3.63, 3.8) is 0 Å². The van der Waals surface area contributed by atoms with Crippen molar-refractivity contribution >= 4 is 35.1 Å². The smallest absolute Gasteiger partial charge is 0.323 e. The molecule has 0 radical (unpaired) electrons. The number of hydrogen-bond acceptors (Lipinski definition) is 4. The lowest BCUT2D eigenvalue weighted by atomic mass is 10.2. The van der Waals surface area contributed by atoms with Gasteiger partial charge in [-0.25, -0.2) is 4.79 Å². The van der Waals surface area contributed by atoms with Gasteiger partial charge < -0.3 is 19.7 Å². The second-order valence-corrected chi connectivity index (χ2v) is 7.09. The highest BCUT2D eigenvalue weighted by Gasteiger charge is 2.31. The van der Waals surface area contributed by atoms with Crippen LogP contribution in [0.15, 0.2) is 42.5 Å². The molecule has 2 aliphatic rings. The summed E-state index contributed by atoms with van der Waals surface area (Å²) in [5.74, 6) is 2.37. The molecule has 124 valence electrons. The van der Waals surface area contributed by atoms with Crippen LogP contribution in [0.5, 0.6) is 11.5 Å². The summed E-state index contributed by atoms with van der Waals surface area (Å²) in [7, 11) is 0. The van der Waals surface area contributed by atoms with Gasteiger partial charge in [-0.15, -0.1) is 11.8 Å². The fourth-order valence-electron chi connectivity index (χ4n) is 2.78. The van der Waals surface area contributed by atoms with Gasteiger partial charge in [-0.2, -0.15) is 0 Å². The fraction of sp³-hybridized carbons (Fsp3) is 0.235. The third kappa shape index (κ3) is 2.99. The quantitative estimate of drug-likeness (QED) is 0.863. The molecule has 1 fully saturated rings. The lowest BCUT2D eigenvalue weighted by Crippen LogP contribution is -2.34. The Morgan fingerprint density at radius 1 is 1.21 bits per heavy atom. The zero-order valence-electron chi connectivity index (χ0n) is 12.7. The molecule has 1 atom stereocenters. The molecule has 0 bridgehead atoms. The van der Waals surface area contributed by atoms with E-state index < -0.39 is 0 Å². The summed E-state index contributed by atoms with van der Waals surface area (Å²) in [6.07, 6.45) is 0. The molecule has 0 aromatic heterocycles. The molecule has 0 unspecified atom stereocenters. The summed E-state index contributed by atoms with van der Waals surface area (Å²) in [6.45, 7) is 0.936. The molecule has 0 spiro atoms. The Bertz CT molecular complexity index is 786. The van der Waals surface area contributed by atoms with E-state index in [1.807, 2.05) is 35.2 Å². The number of thioether (sulfide) groups is 1. The molecule has 5 nitrogen and oxygen atoms in total. The maximum Gasteiger partial charge on any atom is 0.323 e. The molecule has 4 rings (SSSR count). The molecule has 2 aromatic carbocycles. The number of hydrogen-bond donors (Lipinski definition) is 1. The van der Waals surface area contributed by atoms with Crippen LogP contribution in [0.3, 0.4) is 0 Å². The van der Waals surface area contributed by atoms with E-state index in [0.29, 0.717) is 17.3 Å². The number of amides is 2. The van der Waals surface area contributed by atoms with E-state index in [9.17, 15) is 4.79 Å². The molecule has 2 aromatic rings. The number of urea groups is 1. The van der Waals surface area contributed by atoms with Crippen LogP contribution < -0.4 is 14.8 Å². The molecular formula is C17H15ClN2O3S. The predicted molar refractivity (Wildman–Crippen MR) is 94.9 cm³/mol. The van der Waals surface area contributed by atoms with Crippen LogP contribution in [-0.2, 0) is 0 Å². The molecule has 0 saturated carbocycles. The first-order valence-electron chi connectivity index (χ1n) is 7.55. The topological polar surface area (TPSA) is 50.8 Å². The van der Waals surface area contributed by atoms with Crippen molar-refractivity contribution in [2.75, 3.05) is 24.4 Å². The maximum absolute atomic E-state index is 12.6. The summed E-state index contributed by atoms with van der Waals surface area (Å²) in [5, 5.41) is 3.46. The summed E-state index contributed by atoms with van der Waals surface area (Å²) in [5.41, 5.74) is 1.72. The third-order valence-corrected chi connectivity index (χ3v) is 5.41. The van der Waals surface area contributed by atoms with Crippen molar-refractivity contribution < 1.29 is 14.3 Å². The van der Waals surface area contributed by atoms with E-state index in [1.54, 1.807) is 23.9 Å². The van der Waals surface area contributed by atoms with E-state index >= 15 is 0 Å². The van der Waals surface area contributed by atoms with Crippen molar-refractivity contribution in [1.82, 2.24) is 4.90 Å². The van der Waals surface area contributed by atoms with Crippen molar-refractivity contribution in [2.45, 2.75) is 5.37 Å². The van der Waals surface area contributed by atoms with Crippen LogP contribution in [0.4, 0.5) is 10.5 Å². The first-order valence-corrected chi connectivity index (χ1v) is 8.98. The minimum Gasteiger partial charge on any atom is -0.454 e. The minimum atomic E-state index is -0.134. The number of anilines is 1. The summed E-state index contributed by atoms with van der Waals surface area (Å²) in [6, 6.07) is 12.8. The minimum absolute atomic E-state index is 0.0429. The second kappa shape index (κ2) is 6.45. The lowest BCUT2D eigenvalue weighted by Gasteiger charge is -2.24. The van der Waals surface area contributed by atoms with Crippen molar-refractivity contribution in [2.24, 2.45) is 0 Å². The number of carbonyl (C=O) groups excluding carboxylic acids is 1. The van der Waals surface area contributed by atoms with E-state index in [4.69, 9.17) is 21.1 Å². The van der Waals surface area contributed by atoms with Crippen LogP contribution in [0, 0.1) is 0 Å². The van der Waals surface area contributed by atoms with E-state index in [0.717, 1.165) is 22.8 Å². The molecule has 1 saturated heterocycles. The molecule has 1 N–H and O–H groups in total. The summed E-state index contributed by atoms with van der Waals surface area (Å²) in [4.78, 5) is 14.5. The normalized spacial score (nSPS) is 18.7. The Labute approximate surface area is 148 Å². The Balaban J connectivity index is 1.53. The molecule has 24 heavy (non-hydrogen) atoms. The number of halogens is 1. The number of nitrogens with zero attached hydrogens (tertiary/aromatic N) is 1. The average Bonchev–Trinajstić information content (AvgIpc) is 3.23. The number of benzene rings is 2. The Morgan fingerprint density at radius 3 is 2.96 bits per heavy atom. The SMILES string of the molecule is O=C(Nc1cccc(Cl)c1)N1CCS[C@H]1c1ccc2c(c1)OCO2. The van der Waals surface area contributed by atoms with Gasteiger partial charge in [0, 0.05) is 23.0 Å². The Hall–Kier alpha value is -2.05.